The molecule has 0 atom stereocenters. The van der Waals surface area contributed by atoms with E-state index in [1.807, 2.05) is 0 Å². The molecule has 0 aliphatic rings. The summed E-state index contributed by atoms with van der Waals surface area (Å²) in [7, 11) is 0. The number of thioether (sulfide) groups is 1. The standard InChI is InChI=1S/C16H12N2O2S/c1-2-21-14-9-8-12(10-13(14)17)16(20)18-15(19)11-6-4-3-5-7-11/h1,3-10H,17H2,(H,18,19,20). The van der Waals surface area contributed by atoms with E-state index in [0.717, 1.165) is 11.8 Å². The van der Waals surface area contributed by atoms with Crippen LogP contribution in [0.3, 0.4) is 0 Å². The molecule has 5 heteroatoms. The van der Waals surface area contributed by atoms with Crippen LogP contribution in [0.1, 0.15) is 20.7 Å². The normalized spacial score (nSPS) is 9.67. The molecule has 0 aliphatic heterocycles. The first-order valence-corrected chi connectivity index (χ1v) is 6.86. The summed E-state index contributed by atoms with van der Waals surface area (Å²) in [5.41, 5.74) is 6.93. The average Bonchev–Trinajstić information content (AvgIpc) is 2.50. The lowest BCUT2D eigenvalue weighted by Gasteiger charge is -2.06. The van der Waals surface area contributed by atoms with Crippen LogP contribution >= 0.6 is 11.8 Å². The van der Waals surface area contributed by atoms with Crippen LogP contribution in [0.4, 0.5) is 5.69 Å². The monoisotopic (exact) mass is 296 g/mol. The van der Waals surface area contributed by atoms with Crippen molar-refractivity contribution in [3.8, 4) is 11.7 Å². The Morgan fingerprint density at radius 1 is 1.05 bits per heavy atom. The van der Waals surface area contributed by atoms with Gasteiger partial charge in [0.05, 0.1) is 0 Å². The summed E-state index contributed by atoms with van der Waals surface area (Å²) in [6, 6.07) is 13.2. The molecule has 2 amide bonds. The summed E-state index contributed by atoms with van der Waals surface area (Å²) < 4.78 is 0. The Morgan fingerprint density at radius 3 is 2.33 bits per heavy atom. The maximum absolute atomic E-state index is 12.0. The van der Waals surface area contributed by atoms with E-state index < -0.39 is 11.8 Å². The van der Waals surface area contributed by atoms with Crippen molar-refractivity contribution in [3.05, 3.63) is 59.7 Å². The molecule has 3 N–H and O–H groups in total. The highest BCUT2D eigenvalue weighted by molar-refractivity contribution is 8.04. The topological polar surface area (TPSA) is 72.2 Å². The minimum absolute atomic E-state index is 0.304. The minimum atomic E-state index is -0.507. The molecule has 0 saturated carbocycles. The van der Waals surface area contributed by atoms with Gasteiger partial charge in [0.2, 0.25) is 0 Å². The molecular weight excluding hydrogens is 284 g/mol. The molecule has 0 aliphatic carbocycles. The number of nitrogens with two attached hydrogens (primary N) is 1. The number of carbonyl (C=O) groups excluding carboxylic acids is 2. The average molecular weight is 296 g/mol. The summed E-state index contributed by atoms with van der Waals surface area (Å²) in [6.07, 6.45) is 5.19. The molecule has 2 aromatic rings. The maximum atomic E-state index is 12.0. The SMILES string of the molecule is C#CSc1ccc(C(=O)NC(=O)c2ccccc2)cc1N. The fourth-order valence-corrected chi connectivity index (χ4v) is 2.12. The van der Waals surface area contributed by atoms with Gasteiger partial charge in [-0.05, 0) is 47.3 Å². The Morgan fingerprint density at radius 2 is 1.71 bits per heavy atom. The van der Waals surface area contributed by atoms with Crippen LogP contribution in [-0.2, 0) is 0 Å². The zero-order valence-corrected chi connectivity index (χ0v) is 11.8. The van der Waals surface area contributed by atoms with Crippen molar-refractivity contribution in [2.24, 2.45) is 0 Å². The number of rotatable bonds is 3. The van der Waals surface area contributed by atoms with Crippen molar-refractivity contribution in [1.29, 1.82) is 0 Å². The van der Waals surface area contributed by atoms with E-state index in [-0.39, 0.29) is 0 Å². The molecule has 21 heavy (non-hydrogen) atoms. The molecule has 0 bridgehead atoms. The molecule has 0 fully saturated rings. The lowest BCUT2D eigenvalue weighted by atomic mass is 10.1. The first-order valence-electron chi connectivity index (χ1n) is 6.04. The van der Waals surface area contributed by atoms with Gasteiger partial charge in [0, 0.05) is 21.7 Å². The van der Waals surface area contributed by atoms with E-state index in [2.05, 4.69) is 10.6 Å². The third kappa shape index (κ3) is 3.65. The zero-order valence-electron chi connectivity index (χ0n) is 11.0. The van der Waals surface area contributed by atoms with E-state index in [0.29, 0.717) is 21.7 Å². The third-order valence-electron chi connectivity index (χ3n) is 2.70. The summed E-state index contributed by atoms with van der Waals surface area (Å²) in [5.74, 6) is -0.964. The Balaban J connectivity index is 2.12. The number of nitrogens with one attached hydrogen (secondary N) is 1. The number of nitrogen functional groups attached to an aromatic ring is 1. The van der Waals surface area contributed by atoms with Crippen LogP contribution in [-0.4, -0.2) is 11.8 Å². The third-order valence-corrected chi connectivity index (χ3v) is 3.41. The van der Waals surface area contributed by atoms with Gasteiger partial charge in [0.15, 0.2) is 0 Å². The Hall–Kier alpha value is -2.71. The van der Waals surface area contributed by atoms with Gasteiger partial charge in [-0.25, -0.2) is 0 Å². The molecule has 0 heterocycles. The highest BCUT2D eigenvalue weighted by Gasteiger charge is 2.13. The van der Waals surface area contributed by atoms with Gasteiger partial charge in [-0.3, -0.25) is 14.9 Å². The second kappa shape index (κ2) is 6.64. The maximum Gasteiger partial charge on any atom is 0.258 e. The minimum Gasteiger partial charge on any atom is -0.398 e. The number of hydrogen-bond donors (Lipinski definition) is 2. The number of imide groups is 1. The Kier molecular flexibility index (Phi) is 4.64. The van der Waals surface area contributed by atoms with Crippen molar-refractivity contribution in [2.45, 2.75) is 4.90 Å². The summed E-state index contributed by atoms with van der Waals surface area (Å²) >= 11 is 1.14. The van der Waals surface area contributed by atoms with E-state index in [9.17, 15) is 9.59 Å². The Bertz CT molecular complexity index is 721. The number of hydrogen-bond acceptors (Lipinski definition) is 4. The number of anilines is 1. The zero-order chi connectivity index (χ0) is 15.2. The van der Waals surface area contributed by atoms with Crippen molar-refractivity contribution >= 4 is 29.3 Å². The van der Waals surface area contributed by atoms with Gasteiger partial charge in [-0.15, -0.1) is 6.42 Å². The van der Waals surface area contributed by atoms with E-state index in [1.54, 1.807) is 42.5 Å². The largest absolute Gasteiger partial charge is 0.398 e. The first kappa shape index (κ1) is 14.7. The molecule has 2 aromatic carbocycles. The van der Waals surface area contributed by atoms with E-state index in [4.69, 9.17) is 12.2 Å². The fourth-order valence-electron chi connectivity index (χ4n) is 1.68. The van der Waals surface area contributed by atoms with Crippen LogP contribution in [0.25, 0.3) is 0 Å². The smallest absolute Gasteiger partial charge is 0.258 e. The van der Waals surface area contributed by atoms with Crippen molar-refractivity contribution in [2.75, 3.05) is 5.73 Å². The molecular formula is C16H12N2O2S. The Labute approximate surface area is 126 Å². The summed E-state index contributed by atoms with van der Waals surface area (Å²) in [6.45, 7) is 0. The lowest BCUT2D eigenvalue weighted by molar-refractivity contribution is 0.0849. The highest BCUT2D eigenvalue weighted by Crippen LogP contribution is 2.24. The van der Waals surface area contributed by atoms with Crippen LogP contribution in [0.15, 0.2) is 53.4 Å². The highest BCUT2D eigenvalue weighted by atomic mass is 32.2. The van der Waals surface area contributed by atoms with Crippen molar-refractivity contribution in [1.82, 2.24) is 5.32 Å². The first-order chi connectivity index (χ1) is 10.1. The number of carbonyl (C=O) groups is 2. The van der Waals surface area contributed by atoms with E-state index in [1.165, 1.54) is 6.07 Å². The molecule has 0 aromatic heterocycles. The van der Waals surface area contributed by atoms with Crippen LogP contribution in [0, 0.1) is 11.7 Å². The van der Waals surface area contributed by atoms with Gasteiger partial charge >= 0.3 is 0 Å². The van der Waals surface area contributed by atoms with Gasteiger partial charge in [0.1, 0.15) is 0 Å². The second-order valence-electron chi connectivity index (χ2n) is 4.12. The van der Waals surface area contributed by atoms with Gasteiger partial charge < -0.3 is 5.73 Å². The molecule has 0 radical (unpaired) electrons. The lowest BCUT2D eigenvalue weighted by Crippen LogP contribution is -2.30. The van der Waals surface area contributed by atoms with Gasteiger partial charge in [-0.1, -0.05) is 18.2 Å². The number of terminal acetylenes is 1. The van der Waals surface area contributed by atoms with Crippen LogP contribution < -0.4 is 11.1 Å². The molecule has 0 saturated heterocycles. The molecule has 0 unspecified atom stereocenters. The second-order valence-corrected chi connectivity index (χ2v) is 5.00. The molecule has 2 rings (SSSR count). The number of amides is 2. The van der Waals surface area contributed by atoms with Crippen molar-refractivity contribution in [3.63, 3.8) is 0 Å². The van der Waals surface area contributed by atoms with Crippen LogP contribution in [0.5, 0.6) is 0 Å². The fraction of sp³-hybridized carbons (Fsp3) is 0. The van der Waals surface area contributed by atoms with Crippen LogP contribution in [0.2, 0.25) is 0 Å². The molecule has 4 nitrogen and oxygen atoms in total. The molecule has 0 spiro atoms. The van der Waals surface area contributed by atoms with Gasteiger partial charge in [0.25, 0.3) is 11.8 Å². The molecule has 104 valence electrons. The van der Waals surface area contributed by atoms with Crippen molar-refractivity contribution < 1.29 is 9.59 Å². The predicted octanol–water partition coefficient (Wildman–Crippen LogP) is 2.52. The number of benzene rings is 2. The quantitative estimate of drug-likeness (QED) is 0.395. The summed E-state index contributed by atoms with van der Waals surface area (Å²) in [4.78, 5) is 24.6. The summed E-state index contributed by atoms with van der Waals surface area (Å²) in [5, 5.41) is 4.72. The van der Waals surface area contributed by atoms with E-state index >= 15 is 0 Å². The van der Waals surface area contributed by atoms with Gasteiger partial charge in [-0.2, -0.15) is 0 Å². The predicted molar refractivity (Wildman–Crippen MR) is 83.8 cm³/mol.